The van der Waals surface area contributed by atoms with Crippen LogP contribution in [0.15, 0.2) is 15.9 Å². The molecule has 0 spiro atoms. The second kappa shape index (κ2) is 7.25. The number of amides is 1. The number of rotatable bonds is 6. The van der Waals surface area contributed by atoms with Gasteiger partial charge in [0.15, 0.2) is 0 Å². The molecule has 104 valence electrons. The van der Waals surface area contributed by atoms with Crippen molar-refractivity contribution in [1.29, 1.82) is 0 Å². The van der Waals surface area contributed by atoms with Crippen LogP contribution in [-0.4, -0.2) is 36.1 Å². The van der Waals surface area contributed by atoms with Crippen LogP contribution in [0.25, 0.3) is 0 Å². The summed E-state index contributed by atoms with van der Waals surface area (Å²) in [6, 6.07) is 2.17. The number of halogens is 1. The molecule has 0 unspecified atom stereocenters. The lowest BCUT2D eigenvalue weighted by Gasteiger charge is -2.13. The topological polar surface area (TPSA) is 92.7 Å². The van der Waals surface area contributed by atoms with Gasteiger partial charge in [-0.15, -0.1) is 11.3 Å². The predicted molar refractivity (Wildman–Crippen MR) is 72.2 cm³/mol. The van der Waals surface area contributed by atoms with E-state index >= 15 is 0 Å². The molecule has 2 N–H and O–H groups in total. The number of ether oxygens (including phenoxy) is 1. The average Bonchev–Trinajstić information content (AvgIpc) is 2.80. The van der Waals surface area contributed by atoms with Crippen molar-refractivity contribution in [3.63, 3.8) is 0 Å². The van der Waals surface area contributed by atoms with Crippen molar-refractivity contribution >= 4 is 45.1 Å². The maximum Gasteiger partial charge on any atom is 0.326 e. The number of carboxylic acids is 1. The van der Waals surface area contributed by atoms with E-state index in [1.807, 2.05) is 0 Å². The van der Waals surface area contributed by atoms with Crippen LogP contribution >= 0.6 is 27.3 Å². The molecule has 8 heteroatoms. The van der Waals surface area contributed by atoms with E-state index in [2.05, 4.69) is 26.0 Å². The van der Waals surface area contributed by atoms with E-state index in [9.17, 15) is 14.4 Å². The van der Waals surface area contributed by atoms with E-state index in [4.69, 9.17) is 5.11 Å². The number of carboxylic acid groups (broad SMARTS) is 1. The largest absolute Gasteiger partial charge is 0.480 e. The predicted octanol–water partition coefficient (Wildman–Crippen LogP) is 1.65. The smallest absolute Gasteiger partial charge is 0.326 e. The summed E-state index contributed by atoms with van der Waals surface area (Å²) in [6.45, 7) is 0. The first-order valence-electron chi connectivity index (χ1n) is 5.30. The molecule has 1 atom stereocenters. The fraction of sp³-hybridized carbons (Fsp3) is 0.364. The van der Waals surface area contributed by atoms with Gasteiger partial charge in [-0.05, 0) is 34.5 Å². The summed E-state index contributed by atoms with van der Waals surface area (Å²) in [7, 11) is 1.22. The van der Waals surface area contributed by atoms with E-state index in [1.165, 1.54) is 18.4 Å². The minimum atomic E-state index is -1.19. The molecule has 0 aliphatic heterocycles. The normalized spacial score (nSPS) is 11.7. The minimum absolute atomic E-state index is 0.0136. The second-order valence-corrected chi connectivity index (χ2v) is 6.05. The Bertz CT molecular complexity index is 487. The molecule has 0 saturated heterocycles. The third-order valence-corrected chi connectivity index (χ3v) is 3.89. The monoisotopic (exact) mass is 349 g/mol. The Morgan fingerprint density at radius 3 is 2.63 bits per heavy atom. The Morgan fingerprint density at radius 1 is 1.47 bits per heavy atom. The molecular formula is C11H12BrNO5S. The van der Waals surface area contributed by atoms with Crippen LogP contribution in [0.1, 0.15) is 22.5 Å². The fourth-order valence-electron chi connectivity index (χ4n) is 1.29. The number of aliphatic carboxylic acids is 1. The lowest BCUT2D eigenvalue weighted by Crippen LogP contribution is -2.40. The van der Waals surface area contributed by atoms with Gasteiger partial charge in [0.25, 0.3) is 5.91 Å². The van der Waals surface area contributed by atoms with Gasteiger partial charge in [0.05, 0.1) is 15.8 Å². The highest BCUT2D eigenvalue weighted by molar-refractivity contribution is 9.11. The minimum Gasteiger partial charge on any atom is -0.480 e. The molecule has 1 rings (SSSR count). The highest BCUT2D eigenvalue weighted by Gasteiger charge is 2.22. The summed E-state index contributed by atoms with van der Waals surface area (Å²) in [5.74, 6) is -2.18. The van der Waals surface area contributed by atoms with Gasteiger partial charge in [0, 0.05) is 6.42 Å². The molecule has 1 amide bonds. The number of thiophene rings is 1. The Labute approximate surface area is 121 Å². The van der Waals surface area contributed by atoms with Crippen LogP contribution in [0.2, 0.25) is 0 Å². The lowest BCUT2D eigenvalue weighted by atomic mass is 10.1. The lowest BCUT2D eigenvalue weighted by molar-refractivity contribution is -0.142. The van der Waals surface area contributed by atoms with E-state index in [0.717, 1.165) is 3.79 Å². The van der Waals surface area contributed by atoms with Crippen molar-refractivity contribution in [3.05, 3.63) is 20.8 Å². The molecule has 19 heavy (non-hydrogen) atoms. The third kappa shape index (κ3) is 4.99. The molecule has 1 aromatic rings. The molecule has 6 nitrogen and oxygen atoms in total. The SMILES string of the molecule is COC(=O)CC[C@@H](NC(=O)c1ccc(Br)s1)C(=O)O. The van der Waals surface area contributed by atoms with Crippen molar-refractivity contribution in [1.82, 2.24) is 5.32 Å². The van der Waals surface area contributed by atoms with Crippen molar-refractivity contribution < 1.29 is 24.2 Å². The molecule has 0 bridgehead atoms. The number of hydrogen-bond donors (Lipinski definition) is 2. The van der Waals surface area contributed by atoms with Gasteiger partial charge in [0.1, 0.15) is 6.04 Å². The van der Waals surface area contributed by atoms with Crippen LogP contribution in [0, 0.1) is 0 Å². The number of carbonyl (C=O) groups is 3. The van der Waals surface area contributed by atoms with E-state index in [1.54, 1.807) is 12.1 Å². The standard InChI is InChI=1S/C11H12BrNO5S/c1-18-9(14)5-2-6(11(16)17)13-10(15)7-3-4-8(12)19-7/h3-4,6H,2,5H2,1H3,(H,13,15)(H,16,17)/t6-/m1/s1. The summed E-state index contributed by atoms with van der Waals surface area (Å²) >= 11 is 4.41. The first-order chi connectivity index (χ1) is 8.93. The Morgan fingerprint density at radius 2 is 2.16 bits per heavy atom. The second-order valence-electron chi connectivity index (χ2n) is 3.58. The van der Waals surface area contributed by atoms with Crippen molar-refractivity contribution in [2.45, 2.75) is 18.9 Å². The van der Waals surface area contributed by atoms with Gasteiger partial charge in [-0.1, -0.05) is 0 Å². The zero-order valence-corrected chi connectivity index (χ0v) is 12.4. The molecule has 0 radical (unpaired) electrons. The number of carbonyl (C=O) groups excluding carboxylic acids is 2. The highest BCUT2D eigenvalue weighted by Crippen LogP contribution is 2.22. The van der Waals surface area contributed by atoms with Gasteiger partial charge in [0.2, 0.25) is 0 Å². The summed E-state index contributed by atoms with van der Waals surface area (Å²) in [5, 5.41) is 11.4. The van der Waals surface area contributed by atoms with Crippen LogP contribution in [0.5, 0.6) is 0 Å². The van der Waals surface area contributed by atoms with Gasteiger partial charge in [-0.2, -0.15) is 0 Å². The highest BCUT2D eigenvalue weighted by atomic mass is 79.9. The summed E-state index contributed by atoms with van der Waals surface area (Å²) in [4.78, 5) is 34.2. The van der Waals surface area contributed by atoms with Crippen molar-refractivity contribution in [2.24, 2.45) is 0 Å². The zero-order chi connectivity index (χ0) is 14.4. The van der Waals surface area contributed by atoms with Crippen molar-refractivity contribution in [2.75, 3.05) is 7.11 Å². The van der Waals surface area contributed by atoms with Gasteiger partial charge in [-0.3, -0.25) is 9.59 Å². The van der Waals surface area contributed by atoms with Crippen LogP contribution in [-0.2, 0) is 14.3 Å². The molecule has 0 aromatic carbocycles. The van der Waals surface area contributed by atoms with Gasteiger partial charge < -0.3 is 15.2 Å². The summed E-state index contributed by atoms with van der Waals surface area (Å²) in [6.07, 6.45) is -0.0812. The van der Waals surface area contributed by atoms with Crippen LogP contribution in [0.3, 0.4) is 0 Å². The molecular weight excluding hydrogens is 338 g/mol. The number of esters is 1. The summed E-state index contributed by atoms with van der Waals surface area (Å²) < 4.78 is 5.20. The Kier molecular flexibility index (Phi) is 5.97. The van der Waals surface area contributed by atoms with Crippen LogP contribution < -0.4 is 5.32 Å². The molecule has 1 heterocycles. The van der Waals surface area contributed by atoms with E-state index in [0.29, 0.717) is 4.88 Å². The maximum atomic E-state index is 11.8. The van der Waals surface area contributed by atoms with E-state index in [-0.39, 0.29) is 12.8 Å². The molecule has 0 saturated carbocycles. The zero-order valence-electron chi connectivity index (χ0n) is 10.0. The first kappa shape index (κ1) is 15.6. The summed E-state index contributed by atoms with van der Waals surface area (Å²) in [5.41, 5.74) is 0. The van der Waals surface area contributed by atoms with Gasteiger partial charge >= 0.3 is 11.9 Å². The van der Waals surface area contributed by atoms with Crippen molar-refractivity contribution in [3.8, 4) is 0 Å². The third-order valence-electron chi connectivity index (χ3n) is 2.27. The van der Waals surface area contributed by atoms with E-state index < -0.39 is 23.9 Å². The quantitative estimate of drug-likeness (QED) is 0.761. The average molecular weight is 350 g/mol. The molecule has 0 fully saturated rings. The molecule has 0 aliphatic rings. The fourth-order valence-corrected chi connectivity index (χ4v) is 2.58. The maximum absolute atomic E-state index is 11.8. The molecule has 0 aliphatic carbocycles. The number of nitrogens with one attached hydrogen (secondary N) is 1. The Hall–Kier alpha value is -1.41. The number of methoxy groups -OCH3 is 1. The Balaban J connectivity index is 2.61. The number of hydrogen-bond acceptors (Lipinski definition) is 5. The first-order valence-corrected chi connectivity index (χ1v) is 6.90. The van der Waals surface area contributed by atoms with Gasteiger partial charge in [-0.25, -0.2) is 4.79 Å². The molecule has 1 aromatic heterocycles. The van der Waals surface area contributed by atoms with Crippen LogP contribution in [0.4, 0.5) is 0 Å².